The maximum absolute atomic E-state index is 3.41. The summed E-state index contributed by atoms with van der Waals surface area (Å²) in [6.45, 7) is 2.11. The van der Waals surface area contributed by atoms with E-state index in [1.54, 1.807) is 0 Å². The van der Waals surface area contributed by atoms with Crippen molar-refractivity contribution in [3.8, 4) is 11.8 Å². The molecule has 78 valence electrons. The SMILES string of the molecule is Cc1ccc(C#CC2CCCCC2)cc1. The van der Waals surface area contributed by atoms with Crippen molar-refractivity contribution in [1.82, 2.24) is 0 Å². The minimum atomic E-state index is 0.653. The third-order valence-corrected chi connectivity index (χ3v) is 3.08. The van der Waals surface area contributed by atoms with E-state index in [2.05, 4.69) is 43.0 Å². The molecule has 0 atom stereocenters. The van der Waals surface area contributed by atoms with Gasteiger partial charge in [0.25, 0.3) is 0 Å². The van der Waals surface area contributed by atoms with Gasteiger partial charge in [-0.15, -0.1) is 0 Å². The molecule has 0 aliphatic heterocycles. The molecule has 15 heavy (non-hydrogen) atoms. The lowest BCUT2D eigenvalue weighted by Gasteiger charge is -2.15. The van der Waals surface area contributed by atoms with E-state index in [-0.39, 0.29) is 0 Å². The second kappa shape index (κ2) is 5.03. The molecule has 1 saturated carbocycles. The summed E-state index contributed by atoms with van der Waals surface area (Å²) in [6, 6.07) is 8.49. The smallest absolute Gasteiger partial charge is 0.0245 e. The Balaban J connectivity index is 2.00. The molecule has 0 spiro atoms. The number of benzene rings is 1. The molecule has 1 aliphatic rings. The second-order valence-electron chi connectivity index (χ2n) is 4.47. The van der Waals surface area contributed by atoms with Crippen LogP contribution >= 0.6 is 0 Å². The lowest BCUT2D eigenvalue weighted by molar-refractivity contribution is 0.430. The van der Waals surface area contributed by atoms with Crippen molar-refractivity contribution in [3.63, 3.8) is 0 Å². The lowest BCUT2D eigenvalue weighted by atomic mass is 9.90. The van der Waals surface area contributed by atoms with Gasteiger partial charge >= 0.3 is 0 Å². The molecule has 0 bridgehead atoms. The highest BCUT2D eigenvalue weighted by Crippen LogP contribution is 2.22. The Bertz CT molecular complexity index is 355. The van der Waals surface area contributed by atoms with Gasteiger partial charge in [-0.3, -0.25) is 0 Å². The number of hydrogen-bond donors (Lipinski definition) is 0. The Hall–Kier alpha value is -1.22. The maximum Gasteiger partial charge on any atom is 0.0245 e. The Morgan fingerprint density at radius 1 is 1.00 bits per heavy atom. The summed E-state index contributed by atoms with van der Waals surface area (Å²) in [7, 11) is 0. The van der Waals surface area contributed by atoms with Crippen LogP contribution in [-0.4, -0.2) is 0 Å². The van der Waals surface area contributed by atoms with E-state index in [9.17, 15) is 0 Å². The number of hydrogen-bond acceptors (Lipinski definition) is 0. The van der Waals surface area contributed by atoms with Crippen molar-refractivity contribution in [2.75, 3.05) is 0 Å². The van der Waals surface area contributed by atoms with E-state index >= 15 is 0 Å². The van der Waals surface area contributed by atoms with E-state index in [1.807, 2.05) is 0 Å². The molecule has 0 amide bonds. The van der Waals surface area contributed by atoms with Crippen molar-refractivity contribution in [2.45, 2.75) is 39.0 Å². The van der Waals surface area contributed by atoms with Crippen molar-refractivity contribution < 1.29 is 0 Å². The highest BCUT2D eigenvalue weighted by Gasteiger charge is 2.09. The first-order chi connectivity index (χ1) is 7.34. The monoisotopic (exact) mass is 198 g/mol. The Kier molecular flexibility index (Phi) is 3.45. The third kappa shape index (κ3) is 3.13. The zero-order valence-electron chi connectivity index (χ0n) is 9.42. The van der Waals surface area contributed by atoms with Gasteiger partial charge in [0.05, 0.1) is 0 Å². The van der Waals surface area contributed by atoms with Gasteiger partial charge in [0, 0.05) is 11.5 Å². The largest absolute Gasteiger partial charge is 0.0945 e. The van der Waals surface area contributed by atoms with Crippen molar-refractivity contribution in [3.05, 3.63) is 35.4 Å². The number of rotatable bonds is 0. The molecule has 1 aromatic rings. The van der Waals surface area contributed by atoms with Gasteiger partial charge in [-0.1, -0.05) is 48.8 Å². The second-order valence-corrected chi connectivity index (χ2v) is 4.47. The molecule has 0 saturated heterocycles. The highest BCUT2D eigenvalue weighted by atomic mass is 14.1. The molecular weight excluding hydrogens is 180 g/mol. The summed E-state index contributed by atoms with van der Waals surface area (Å²) in [5.41, 5.74) is 2.46. The summed E-state index contributed by atoms with van der Waals surface area (Å²) >= 11 is 0. The molecule has 0 heteroatoms. The minimum Gasteiger partial charge on any atom is -0.0945 e. The Morgan fingerprint density at radius 3 is 2.33 bits per heavy atom. The molecular formula is C15H18. The fourth-order valence-corrected chi connectivity index (χ4v) is 2.07. The van der Waals surface area contributed by atoms with Gasteiger partial charge in [-0.2, -0.15) is 0 Å². The molecule has 2 rings (SSSR count). The molecule has 0 nitrogen and oxygen atoms in total. The van der Waals surface area contributed by atoms with Gasteiger partial charge in [0.2, 0.25) is 0 Å². The van der Waals surface area contributed by atoms with Crippen molar-refractivity contribution >= 4 is 0 Å². The topological polar surface area (TPSA) is 0 Å². The normalized spacial score (nSPS) is 16.9. The van der Waals surface area contributed by atoms with E-state index in [4.69, 9.17) is 0 Å². The Labute approximate surface area is 92.7 Å². The first-order valence-electron chi connectivity index (χ1n) is 5.93. The third-order valence-electron chi connectivity index (χ3n) is 3.08. The predicted octanol–water partition coefficient (Wildman–Crippen LogP) is 3.93. The van der Waals surface area contributed by atoms with Crippen LogP contribution in [0.15, 0.2) is 24.3 Å². The molecule has 1 aromatic carbocycles. The van der Waals surface area contributed by atoms with Crippen LogP contribution in [0.1, 0.15) is 43.2 Å². The zero-order chi connectivity index (χ0) is 10.5. The summed E-state index contributed by atoms with van der Waals surface area (Å²) in [5.74, 6) is 7.35. The molecule has 0 aromatic heterocycles. The summed E-state index contributed by atoms with van der Waals surface area (Å²) in [5, 5.41) is 0. The Morgan fingerprint density at radius 2 is 1.67 bits per heavy atom. The van der Waals surface area contributed by atoms with E-state index in [1.165, 1.54) is 37.7 Å². The van der Waals surface area contributed by atoms with Crippen molar-refractivity contribution in [2.24, 2.45) is 5.92 Å². The zero-order valence-corrected chi connectivity index (χ0v) is 9.42. The van der Waals surface area contributed by atoms with Crippen LogP contribution in [-0.2, 0) is 0 Å². The van der Waals surface area contributed by atoms with Gasteiger partial charge < -0.3 is 0 Å². The van der Waals surface area contributed by atoms with Crippen LogP contribution in [0.5, 0.6) is 0 Å². The highest BCUT2D eigenvalue weighted by molar-refractivity contribution is 5.36. The minimum absolute atomic E-state index is 0.653. The van der Waals surface area contributed by atoms with Gasteiger partial charge in [-0.05, 0) is 31.9 Å². The van der Waals surface area contributed by atoms with Crippen LogP contribution in [0.3, 0.4) is 0 Å². The molecule has 1 aliphatic carbocycles. The van der Waals surface area contributed by atoms with Gasteiger partial charge in [-0.25, -0.2) is 0 Å². The standard InChI is InChI=1S/C15H18/c1-13-7-9-15(10-8-13)12-11-14-5-3-2-4-6-14/h7-10,14H,2-6H2,1H3. The van der Waals surface area contributed by atoms with Crippen LogP contribution in [0.25, 0.3) is 0 Å². The first-order valence-corrected chi connectivity index (χ1v) is 5.93. The fraction of sp³-hybridized carbons (Fsp3) is 0.467. The van der Waals surface area contributed by atoms with E-state index < -0.39 is 0 Å². The first kappa shape index (κ1) is 10.3. The predicted molar refractivity (Wildman–Crippen MR) is 64.6 cm³/mol. The van der Waals surface area contributed by atoms with Crippen LogP contribution in [0.4, 0.5) is 0 Å². The van der Waals surface area contributed by atoms with Crippen LogP contribution in [0.2, 0.25) is 0 Å². The summed E-state index contributed by atoms with van der Waals surface area (Å²) in [6.07, 6.45) is 6.75. The average molecular weight is 198 g/mol. The average Bonchev–Trinajstić information content (AvgIpc) is 2.30. The summed E-state index contributed by atoms with van der Waals surface area (Å²) < 4.78 is 0. The lowest BCUT2D eigenvalue weighted by Crippen LogP contribution is -2.02. The van der Waals surface area contributed by atoms with Gasteiger partial charge in [0.15, 0.2) is 0 Å². The molecule has 0 N–H and O–H groups in total. The summed E-state index contributed by atoms with van der Waals surface area (Å²) in [4.78, 5) is 0. The molecule has 0 heterocycles. The number of aryl methyl sites for hydroxylation is 1. The quantitative estimate of drug-likeness (QED) is 0.554. The molecule has 0 radical (unpaired) electrons. The molecule has 1 fully saturated rings. The fourth-order valence-electron chi connectivity index (χ4n) is 2.07. The maximum atomic E-state index is 3.41. The van der Waals surface area contributed by atoms with Crippen LogP contribution < -0.4 is 0 Å². The van der Waals surface area contributed by atoms with Crippen LogP contribution in [0, 0.1) is 24.7 Å². The van der Waals surface area contributed by atoms with Gasteiger partial charge in [0.1, 0.15) is 0 Å². The van der Waals surface area contributed by atoms with E-state index in [0.29, 0.717) is 5.92 Å². The van der Waals surface area contributed by atoms with E-state index in [0.717, 1.165) is 5.56 Å². The van der Waals surface area contributed by atoms with Crippen molar-refractivity contribution in [1.29, 1.82) is 0 Å². The molecule has 0 unspecified atom stereocenters.